The number of rotatable bonds is 13. The molecule has 1 N–H and O–H groups in total. The van der Waals surface area contributed by atoms with Gasteiger partial charge in [0.1, 0.15) is 11.5 Å². The largest absolute Gasteiger partial charge is 0.494 e. The van der Waals surface area contributed by atoms with Gasteiger partial charge < -0.3 is 14.8 Å². The lowest BCUT2D eigenvalue weighted by Crippen LogP contribution is -2.14. The molecule has 0 aliphatic heterocycles. The van der Waals surface area contributed by atoms with Crippen molar-refractivity contribution in [3.63, 3.8) is 0 Å². The van der Waals surface area contributed by atoms with Crippen LogP contribution in [0.4, 0.5) is 5.69 Å². The third-order valence-electron chi connectivity index (χ3n) is 4.50. The van der Waals surface area contributed by atoms with Gasteiger partial charge in [-0.05, 0) is 37.1 Å². The fourth-order valence-corrected chi connectivity index (χ4v) is 2.90. The van der Waals surface area contributed by atoms with E-state index in [9.17, 15) is 4.79 Å². The second-order valence-electron chi connectivity index (χ2n) is 6.94. The minimum atomic E-state index is -0.175. The van der Waals surface area contributed by atoms with Crippen LogP contribution in [0, 0.1) is 0 Å². The molecule has 4 heteroatoms. The van der Waals surface area contributed by atoms with E-state index in [1.807, 2.05) is 42.5 Å². The Labute approximate surface area is 169 Å². The standard InChI is InChI=1S/C24H33NO3/c1-3-5-7-11-17-27-21-14-12-13-20(19-21)25-24(26)22-15-8-9-16-23(22)28-18-10-6-4-2/h8-9,12-16,19H,3-7,10-11,17-18H2,1-2H3,(H,25,26). The zero-order chi connectivity index (χ0) is 20.0. The zero-order valence-electron chi connectivity index (χ0n) is 17.2. The summed E-state index contributed by atoms with van der Waals surface area (Å²) in [5.74, 6) is 1.23. The molecule has 0 saturated heterocycles. The molecule has 28 heavy (non-hydrogen) atoms. The topological polar surface area (TPSA) is 47.6 Å². The van der Waals surface area contributed by atoms with E-state index in [0.717, 1.165) is 37.1 Å². The van der Waals surface area contributed by atoms with Crippen LogP contribution in [0.5, 0.6) is 11.5 Å². The number of carbonyl (C=O) groups excluding carboxylic acids is 1. The molecule has 0 aliphatic rings. The Morgan fingerprint density at radius 2 is 1.54 bits per heavy atom. The first-order chi connectivity index (χ1) is 13.7. The van der Waals surface area contributed by atoms with Crippen LogP contribution < -0.4 is 14.8 Å². The Morgan fingerprint density at radius 1 is 0.821 bits per heavy atom. The Kier molecular flexibility index (Phi) is 9.98. The lowest BCUT2D eigenvalue weighted by Gasteiger charge is -2.12. The number of hydrogen-bond donors (Lipinski definition) is 1. The molecular formula is C24H33NO3. The maximum Gasteiger partial charge on any atom is 0.259 e. The van der Waals surface area contributed by atoms with Crippen LogP contribution >= 0.6 is 0 Å². The molecule has 2 aromatic rings. The van der Waals surface area contributed by atoms with Gasteiger partial charge in [0, 0.05) is 11.8 Å². The van der Waals surface area contributed by atoms with E-state index in [0.29, 0.717) is 24.5 Å². The number of carbonyl (C=O) groups is 1. The molecule has 0 atom stereocenters. The third-order valence-corrected chi connectivity index (χ3v) is 4.50. The molecule has 0 aliphatic carbocycles. The molecule has 2 aromatic carbocycles. The first-order valence-corrected chi connectivity index (χ1v) is 10.5. The van der Waals surface area contributed by atoms with Gasteiger partial charge in [0.25, 0.3) is 5.91 Å². The van der Waals surface area contributed by atoms with Gasteiger partial charge in [0.05, 0.1) is 18.8 Å². The fraction of sp³-hybridized carbons (Fsp3) is 0.458. The van der Waals surface area contributed by atoms with Gasteiger partial charge in [-0.25, -0.2) is 0 Å². The van der Waals surface area contributed by atoms with Crippen LogP contribution in [0.1, 0.15) is 69.2 Å². The van der Waals surface area contributed by atoms with Crippen LogP contribution in [0.3, 0.4) is 0 Å². The second kappa shape index (κ2) is 12.8. The zero-order valence-corrected chi connectivity index (χ0v) is 17.2. The molecule has 0 radical (unpaired) electrons. The molecule has 0 aromatic heterocycles. The van der Waals surface area contributed by atoms with E-state index < -0.39 is 0 Å². The summed E-state index contributed by atoms with van der Waals surface area (Å²) in [5.41, 5.74) is 1.27. The fourth-order valence-electron chi connectivity index (χ4n) is 2.90. The van der Waals surface area contributed by atoms with Gasteiger partial charge in [0.2, 0.25) is 0 Å². The predicted octanol–water partition coefficient (Wildman–Crippen LogP) is 6.47. The Bertz CT molecular complexity index is 715. The summed E-state index contributed by atoms with van der Waals surface area (Å²) in [4.78, 5) is 12.7. The van der Waals surface area contributed by atoms with E-state index in [2.05, 4.69) is 19.2 Å². The van der Waals surface area contributed by atoms with Gasteiger partial charge >= 0.3 is 0 Å². The summed E-state index contributed by atoms with van der Waals surface area (Å²) in [6.07, 6.45) is 7.94. The molecule has 0 heterocycles. The first kappa shape index (κ1) is 21.8. The molecule has 0 spiro atoms. The van der Waals surface area contributed by atoms with Crippen molar-refractivity contribution >= 4 is 11.6 Å². The number of amides is 1. The van der Waals surface area contributed by atoms with Crippen molar-refractivity contribution in [1.29, 1.82) is 0 Å². The molecular weight excluding hydrogens is 350 g/mol. The van der Waals surface area contributed by atoms with Crippen LogP contribution in [0.2, 0.25) is 0 Å². The molecule has 0 saturated carbocycles. The number of unbranched alkanes of at least 4 members (excludes halogenated alkanes) is 5. The summed E-state index contributed by atoms with van der Waals surface area (Å²) in [6.45, 7) is 5.68. The number of benzene rings is 2. The molecule has 0 fully saturated rings. The molecule has 1 amide bonds. The maximum absolute atomic E-state index is 12.7. The minimum absolute atomic E-state index is 0.175. The van der Waals surface area contributed by atoms with Crippen LogP contribution in [-0.2, 0) is 0 Å². The van der Waals surface area contributed by atoms with Crippen molar-refractivity contribution in [2.24, 2.45) is 0 Å². The van der Waals surface area contributed by atoms with Gasteiger partial charge in [-0.15, -0.1) is 0 Å². The van der Waals surface area contributed by atoms with Crippen molar-refractivity contribution in [1.82, 2.24) is 0 Å². The van der Waals surface area contributed by atoms with Gasteiger partial charge in [-0.2, -0.15) is 0 Å². The molecule has 2 rings (SSSR count). The van der Waals surface area contributed by atoms with Crippen molar-refractivity contribution in [2.75, 3.05) is 18.5 Å². The predicted molar refractivity (Wildman–Crippen MR) is 115 cm³/mol. The van der Waals surface area contributed by atoms with E-state index in [-0.39, 0.29) is 5.91 Å². The van der Waals surface area contributed by atoms with Gasteiger partial charge in [0.15, 0.2) is 0 Å². The number of anilines is 1. The molecule has 0 bridgehead atoms. The summed E-state index contributed by atoms with van der Waals surface area (Å²) in [5, 5.41) is 2.95. The Balaban J connectivity index is 1.93. The number of para-hydroxylation sites is 1. The average Bonchev–Trinajstić information content (AvgIpc) is 2.71. The van der Waals surface area contributed by atoms with Gasteiger partial charge in [-0.1, -0.05) is 64.2 Å². The normalized spacial score (nSPS) is 10.5. The average molecular weight is 384 g/mol. The van der Waals surface area contributed by atoms with Crippen molar-refractivity contribution in [3.8, 4) is 11.5 Å². The summed E-state index contributed by atoms with van der Waals surface area (Å²) in [6, 6.07) is 14.9. The lowest BCUT2D eigenvalue weighted by atomic mass is 10.1. The quantitative estimate of drug-likeness (QED) is 0.403. The second-order valence-corrected chi connectivity index (χ2v) is 6.94. The highest BCUT2D eigenvalue weighted by molar-refractivity contribution is 6.06. The third kappa shape index (κ3) is 7.63. The van der Waals surface area contributed by atoms with Crippen molar-refractivity contribution in [2.45, 2.75) is 58.8 Å². The molecule has 4 nitrogen and oxygen atoms in total. The number of nitrogens with one attached hydrogen (secondary N) is 1. The molecule has 0 unspecified atom stereocenters. The molecule has 152 valence electrons. The number of ether oxygens (including phenoxy) is 2. The highest BCUT2D eigenvalue weighted by Crippen LogP contribution is 2.22. The smallest absolute Gasteiger partial charge is 0.259 e. The van der Waals surface area contributed by atoms with Crippen molar-refractivity contribution < 1.29 is 14.3 Å². The van der Waals surface area contributed by atoms with E-state index >= 15 is 0 Å². The first-order valence-electron chi connectivity index (χ1n) is 10.5. The van der Waals surface area contributed by atoms with E-state index in [1.165, 1.54) is 19.3 Å². The van der Waals surface area contributed by atoms with E-state index in [4.69, 9.17) is 9.47 Å². The van der Waals surface area contributed by atoms with Crippen LogP contribution in [-0.4, -0.2) is 19.1 Å². The highest BCUT2D eigenvalue weighted by Gasteiger charge is 2.12. The van der Waals surface area contributed by atoms with Crippen molar-refractivity contribution in [3.05, 3.63) is 54.1 Å². The van der Waals surface area contributed by atoms with Crippen LogP contribution in [0.25, 0.3) is 0 Å². The SMILES string of the molecule is CCCCCCOc1cccc(NC(=O)c2ccccc2OCCCCC)c1. The highest BCUT2D eigenvalue weighted by atomic mass is 16.5. The number of hydrogen-bond acceptors (Lipinski definition) is 3. The van der Waals surface area contributed by atoms with Crippen LogP contribution in [0.15, 0.2) is 48.5 Å². The summed E-state index contributed by atoms with van der Waals surface area (Å²) >= 11 is 0. The van der Waals surface area contributed by atoms with E-state index in [1.54, 1.807) is 6.07 Å². The van der Waals surface area contributed by atoms with Gasteiger partial charge in [-0.3, -0.25) is 4.79 Å². The summed E-state index contributed by atoms with van der Waals surface area (Å²) in [7, 11) is 0. The lowest BCUT2D eigenvalue weighted by molar-refractivity contribution is 0.102. The Hall–Kier alpha value is -2.49. The summed E-state index contributed by atoms with van der Waals surface area (Å²) < 4.78 is 11.6. The maximum atomic E-state index is 12.7. The Morgan fingerprint density at radius 3 is 2.36 bits per heavy atom. The monoisotopic (exact) mass is 383 g/mol. The minimum Gasteiger partial charge on any atom is -0.494 e.